The summed E-state index contributed by atoms with van der Waals surface area (Å²) in [6.45, 7) is 2.00. The van der Waals surface area contributed by atoms with Crippen molar-refractivity contribution in [3.05, 3.63) is 82.9 Å². The highest BCUT2D eigenvalue weighted by atomic mass is 19.2. The Balaban J connectivity index is 1.34. The smallest absolute Gasteiger partial charge is 0.166 e. The molecule has 3 aromatic carbocycles. The van der Waals surface area contributed by atoms with Gasteiger partial charge in [0.05, 0.1) is 19.8 Å². The molecule has 0 amide bonds. The summed E-state index contributed by atoms with van der Waals surface area (Å²) >= 11 is 0. The lowest BCUT2D eigenvalue weighted by atomic mass is 10.0. The van der Waals surface area contributed by atoms with E-state index in [0.717, 1.165) is 30.0 Å². The van der Waals surface area contributed by atoms with Gasteiger partial charge in [-0.15, -0.1) is 0 Å². The van der Waals surface area contributed by atoms with Crippen LogP contribution in [0.2, 0.25) is 0 Å². The van der Waals surface area contributed by atoms with Crippen LogP contribution in [0.1, 0.15) is 23.1 Å². The van der Waals surface area contributed by atoms with E-state index >= 15 is 0 Å². The van der Waals surface area contributed by atoms with Gasteiger partial charge in [-0.3, -0.25) is 0 Å². The summed E-state index contributed by atoms with van der Waals surface area (Å²) in [5, 5.41) is 0.886. The van der Waals surface area contributed by atoms with Gasteiger partial charge >= 0.3 is 0 Å². The number of rotatable bonds is 5. The summed E-state index contributed by atoms with van der Waals surface area (Å²) in [6.07, 6.45) is 1.50. The first-order valence-electron chi connectivity index (χ1n) is 10.3. The largest absolute Gasteiger partial charge is 0.384 e. The summed E-state index contributed by atoms with van der Waals surface area (Å²) in [7, 11) is 1.69. The minimum absolute atomic E-state index is 0.168. The number of methoxy groups -OCH3 is 1. The molecule has 0 N–H and O–H groups in total. The van der Waals surface area contributed by atoms with Crippen LogP contribution in [0.25, 0.3) is 10.8 Å². The van der Waals surface area contributed by atoms with E-state index in [9.17, 15) is 8.78 Å². The Kier molecular flexibility index (Phi) is 6.93. The van der Waals surface area contributed by atoms with Gasteiger partial charge in [0.25, 0.3) is 0 Å². The van der Waals surface area contributed by atoms with Crippen LogP contribution in [-0.4, -0.2) is 33.2 Å². The molecule has 1 aliphatic rings. The van der Waals surface area contributed by atoms with Crippen LogP contribution in [0.5, 0.6) is 0 Å². The van der Waals surface area contributed by atoms with Gasteiger partial charge in [0.1, 0.15) is 0 Å². The zero-order chi connectivity index (χ0) is 21.6. The molecule has 31 heavy (non-hydrogen) atoms. The molecule has 1 fully saturated rings. The van der Waals surface area contributed by atoms with Crippen LogP contribution < -0.4 is 0 Å². The molecule has 0 aliphatic carbocycles. The normalized spacial score (nSPS) is 18.5. The van der Waals surface area contributed by atoms with Crippen molar-refractivity contribution < 1.29 is 23.0 Å². The molecule has 0 bridgehead atoms. The predicted molar refractivity (Wildman–Crippen MR) is 116 cm³/mol. The van der Waals surface area contributed by atoms with Gasteiger partial charge < -0.3 is 14.2 Å². The number of aryl methyl sites for hydroxylation is 1. The number of halogens is 2. The Bertz CT molecular complexity index is 1090. The van der Waals surface area contributed by atoms with E-state index in [1.165, 1.54) is 5.56 Å². The zero-order valence-electron chi connectivity index (χ0n) is 17.4. The lowest BCUT2D eigenvalue weighted by Gasteiger charge is -2.29. The van der Waals surface area contributed by atoms with Crippen molar-refractivity contribution >= 4 is 10.8 Å². The van der Waals surface area contributed by atoms with Crippen LogP contribution in [0.3, 0.4) is 0 Å². The lowest BCUT2D eigenvalue weighted by molar-refractivity contribution is -0.208. The highest BCUT2D eigenvalue weighted by Crippen LogP contribution is 2.21. The molecule has 0 aromatic heterocycles. The van der Waals surface area contributed by atoms with Crippen LogP contribution in [0, 0.1) is 29.4 Å². The molecule has 1 heterocycles. The molecular weight excluding hydrogens is 398 g/mol. The van der Waals surface area contributed by atoms with Gasteiger partial charge in [-0.2, -0.15) is 0 Å². The maximum absolute atomic E-state index is 13.8. The predicted octanol–water partition coefficient (Wildman–Crippen LogP) is 5.09. The highest BCUT2D eigenvalue weighted by Gasteiger charge is 2.21. The Morgan fingerprint density at radius 2 is 1.65 bits per heavy atom. The molecule has 1 aliphatic heterocycles. The molecule has 0 atom stereocenters. The van der Waals surface area contributed by atoms with Crippen LogP contribution in [-0.2, 0) is 20.6 Å². The fourth-order valence-electron chi connectivity index (χ4n) is 3.61. The quantitative estimate of drug-likeness (QED) is 0.537. The fraction of sp³-hybridized carbons (Fsp3) is 0.308. The maximum atomic E-state index is 13.8. The molecule has 3 aromatic rings. The molecule has 4 rings (SSSR count). The Hall–Kier alpha value is -2.78. The van der Waals surface area contributed by atoms with Gasteiger partial charge in [-0.1, -0.05) is 36.1 Å². The van der Waals surface area contributed by atoms with E-state index < -0.39 is 11.6 Å². The topological polar surface area (TPSA) is 27.7 Å². The van der Waals surface area contributed by atoms with E-state index in [2.05, 4.69) is 24.0 Å². The third-order valence-electron chi connectivity index (χ3n) is 5.32. The maximum Gasteiger partial charge on any atom is 0.166 e. The first-order valence-corrected chi connectivity index (χ1v) is 10.3. The zero-order valence-corrected chi connectivity index (χ0v) is 17.4. The first kappa shape index (κ1) is 21.5. The van der Waals surface area contributed by atoms with E-state index in [0.29, 0.717) is 31.1 Å². The van der Waals surface area contributed by atoms with Crippen LogP contribution in [0.15, 0.2) is 54.6 Å². The number of fused-ring (bicyclic) bond motifs is 1. The van der Waals surface area contributed by atoms with Crippen molar-refractivity contribution in [3.63, 3.8) is 0 Å². The SMILES string of the molecule is COCC1COC(CCc2ccc(C#Cc3ccc4c(F)c(F)ccc4c3)cc2)OC1. The molecule has 0 spiro atoms. The molecule has 0 unspecified atom stereocenters. The van der Waals surface area contributed by atoms with Gasteiger partial charge in [0.15, 0.2) is 17.9 Å². The Labute approximate surface area is 180 Å². The number of ether oxygens (including phenoxy) is 3. The number of hydrogen-bond donors (Lipinski definition) is 0. The van der Waals surface area contributed by atoms with Crippen molar-refractivity contribution in [1.29, 1.82) is 0 Å². The summed E-state index contributed by atoms with van der Waals surface area (Å²) in [4.78, 5) is 0. The second-order valence-corrected chi connectivity index (χ2v) is 7.70. The van der Waals surface area contributed by atoms with Gasteiger partial charge in [0, 0.05) is 36.0 Å². The third-order valence-corrected chi connectivity index (χ3v) is 5.32. The van der Waals surface area contributed by atoms with E-state index in [1.807, 2.05) is 12.1 Å². The molecule has 5 heteroatoms. The van der Waals surface area contributed by atoms with E-state index in [4.69, 9.17) is 14.2 Å². The van der Waals surface area contributed by atoms with Crippen molar-refractivity contribution in [1.82, 2.24) is 0 Å². The molecule has 1 saturated heterocycles. The van der Waals surface area contributed by atoms with Gasteiger partial charge in [-0.05, 0) is 47.7 Å². The van der Waals surface area contributed by atoms with Crippen molar-refractivity contribution in [2.45, 2.75) is 19.1 Å². The molecule has 3 nitrogen and oxygen atoms in total. The van der Waals surface area contributed by atoms with E-state index in [1.54, 1.807) is 31.4 Å². The monoisotopic (exact) mass is 422 g/mol. The highest BCUT2D eigenvalue weighted by molar-refractivity contribution is 5.84. The standard InChI is InChI=1S/C26H24F2O3/c1-29-15-21-16-30-25(31-17-21)13-9-19-4-2-18(3-5-19)6-7-20-8-11-23-22(14-20)10-12-24(27)26(23)28/h2-5,8,10-12,14,21,25H,9,13,15-17H2,1H3. The van der Waals surface area contributed by atoms with Crippen molar-refractivity contribution in [2.24, 2.45) is 5.92 Å². The Morgan fingerprint density at radius 1 is 0.935 bits per heavy atom. The second kappa shape index (κ2) is 10.0. The van der Waals surface area contributed by atoms with Crippen molar-refractivity contribution in [2.75, 3.05) is 26.9 Å². The lowest BCUT2D eigenvalue weighted by Crippen LogP contribution is -2.34. The number of hydrogen-bond acceptors (Lipinski definition) is 3. The summed E-state index contributed by atoms with van der Waals surface area (Å²) < 4.78 is 43.8. The molecular formula is C26H24F2O3. The minimum Gasteiger partial charge on any atom is -0.384 e. The summed E-state index contributed by atoms with van der Waals surface area (Å²) in [6, 6.07) is 15.8. The van der Waals surface area contributed by atoms with E-state index in [-0.39, 0.29) is 11.7 Å². The fourth-order valence-corrected chi connectivity index (χ4v) is 3.61. The first-order chi connectivity index (χ1) is 15.1. The Morgan fingerprint density at radius 3 is 2.39 bits per heavy atom. The van der Waals surface area contributed by atoms with Gasteiger partial charge in [-0.25, -0.2) is 8.78 Å². The average Bonchev–Trinajstić information content (AvgIpc) is 2.80. The van der Waals surface area contributed by atoms with Crippen LogP contribution in [0.4, 0.5) is 8.78 Å². The summed E-state index contributed by atoms with van der Waals surface area (Å²) in [5.41, 5.74) is 2.84. The number of benzene rings is 3. The van der Waals surface area contributed by atoms with Crippen LogP contribution >= 0.6 is 0 Å². The average molecular weight is 422 g/mol. The molecule has 0 radical (unpaired) electrons. The minimum atomic E-state index is -0.844. The third kappa shape index (κ3) is 5.48. The second-order valence-electron chi connectivity index (χ2n) is 7.70. The molecule has 160 valence electrons. The molecule has 0 saturated carbocycles. The van der Waals surface area contributed by atoms with Gasteiger partial charge in [0.2, 0.25) is 0 Å². The summed E-state index contributed by atoms with van der Waals surface area (Å²) in [5.74, 6) is 4.85. The van der Waals surface area contributed by atoms with Crippen molar-refractivity contribution in [3.8, 4) is 11.8 Å².